The molecule has 0 spiro atoms. The van der Waals surface area contributed by atoms with Crippen molar-refractivity contribution in [3.05, 3.63) is 58.4 Å². The highest BCUT2D eigenvalue weighted by Gasteiger charge is 2.27. The number of hydrogen-bond acceptors (Lipinski definition) is 6. The number of carbonyl (C=O) groups is 1. The van der Waals surface area contributed by atoms with Gasteiger partial charge in [-0.15, -0.1) is 0 Å². The molecule has 3 aromatic rings. The average molecular weight is 489 g/mol. The van der Waals surface area contributed by atoms with Gasteiger partial charge in [0.15, 0.2) is 0 Å². The molecule has 1 aromatic heterocycles. The minimum Gasteiger partial charge on any atom is -0.491 e. The van der Waals surface area contributed by atoms with Gasteiger partial charge in [-0.2, -0.15) is 4.98 Å². The molecule has 2 aromatic carbocycles. The second kappa shape index (κ2) is 10.5. The van der Waals surface area contributed by atoms with E-state index in [1.165, 1.54) is 0 Å². The summed E-state index contributed by atoms with van der Waals surface area (Å²) < 4.78 is 11.1. The fourth-order valence-corrected chi connectivity index (χ4v) is 4.33. The van der Waals surface area contributed by atoms with E-state index >= 15 is 0 Å². The van der Waals surface area contributed by atoms with E-state index in [0.29, 0.717) is 40.4 Å². The van der Waals surface area contributed by atoms with E-state index in [1.807, 2.05) is 38.1 Å². The largest absolute Gasteiger partial charge is 0.491 e. The lowest BCUT2D eigenvalue weighted by atomic mass is 9.97. The predicted molar refractivity (Wildman–Crippen MR) is 129 cm³/mol. The van der Waals surface area contributed by atoms with Crippen molar-refractivity contribution in [3.63, 3.8) is 0 Å². The number of carbonyl (C=O) groups excluding carboxylic acids is 1. The topological polar surface area (TPSA) is 80.5 Å². The smallest absolute Gasteiger partial charge is 0.241 e. The maximum Gasteiger partial charge on any atom is 0.241 e. The van der Waals surface area contributed by atoms with Crippen LogP contribution >= 0.6 is 23.2 Å². The average Bonchev–Trinajstić information content (AvgIpc) is 3.23. The van der Waals surface area contributed by atoms with E-state index in [2.05, 4.69) is 20.4 Å². The first-order valence-corrected chi connectivity index (χ1v) is 11.7. The molecule has 2 heterocycles. The van der Waals surface area contributed by atoms with Crippen LogP contribution in [0, 0.1) is 5.92 Å². The molecule has 1 N–H and O–H groups in total. The summed E-state index contributed by atoms with van der Waals surface area (Å²) in [5.74, 6) is 1.58. The lowest BCUT2D eigenvalue weighted by Crippen LogP contribution is -2.40. The van der Waals surface area contributed by atoms with Gasteiger partial charge in [0.25, 0.3) is 0 Å². The Balaban J connectivity index is 1.34. The molecule has 1 aliphatic heterocycles. The molecule has 1 amide bonds. The van der Waals surface area contributed by atoms with Gasteiger partial charge in [0, 0.05) is 22.8 Å². The lowest BCUT2D eigenvalue weighted by Gasteiger charge is -2.30. The van der Waals surface area contributed by atoms with E-state index < -0.39 is 0 Å². The molecule has 33 heavy (non-hydrogen) atoms. The summed E-state index contributed by atoms with van der Waals surface area (Å²) in [6.07, 6.45) is 1.87. The monoisotopic (exact) mass is 488 g/mol. The highest BCUT2D eigenvalue weighted by molar-refractivity contribution is 6.36. The maximum atomic E-state index is 12.8. The number of rotatable bonds is 7. The van der Waals surface area contributed by atoms with Crippen LogP contribution < -0.4 is 10.1 Å². The first kappa shape index (κ1) is 23.5. The van der Waals surface area contributed by atoms with Crippen LogP contribution in [0.4, 0.5) is 5.69 Å². The van der Waals surface area contributed by atoms with Crippen LogP contribution in [0.15, 0.2) is 47.0 Å². The van der Waals surface area contributed by atoms with Crippen molar-refractivity contribution < 1.29 is 14.1 Å². The second-order valence-corrected chi connectivity index (χ2v) is 9.23. The molecule has 1 atom stereocenters. The number of benzene rings is 2. The third-order valence-electron chi connectivity index (χ3n) is 5.37. The molecule has 0 aliphatic carbocycles. The minimum atomic E-state index is -0.113. The van der Waals surface area contributed by atoms with Gasteiger partial charge < -0.3 is 14.6 Å². The fraction of sp³-hybridized carbons (Fsp3) is 0.375. The zero-order valence-corrected chi connectivity index (χ0v) is 20.1. The minimum absolute atomic E-state index is 0.0105. The van der Waals surface area contributed by atoms with Gasteiger partial charge in [0.1, 0.15) is 5.75 Å². The Labute approximate surface area is 203 Å². The summed E-state index contributed by atoms with van der Waals surface area (Å²) in [6.45, 7) is 5.92. The molecule has 1 saturated heterocycles. The van der Waals surface area contributed by atoms with E-state index in [4.69, 9.17) is 32.5 Å². The van der Waals surface area contributed by atoms with Crippen molar-refractivity contribution >= 4 is 34.8 Å². The number of hydrogen-bond donors (Lipinski definition) is 1. The molecule has 9 heteroatoms. The summed E-state index contributed by atoms with van der Waals surface area (Å²) >= 11 is 12.2. The number of halogens is 2. The predicted octanol–water partition coefficient (Wildman–Crippen LogP) is 5.68. The Bertz CT molecular complexity index is 1100. The standard InChI is InChI=1S/C24H26Cl2N4O3/c1-15(2)32-19-8-6-18(7-9-19)27-24(31)16-4-3-11-30(13-16)14-22-28-23(29-33-22)20-10-5-17(25)12-21(20)26/h5-10,12,15-16H,3-4,11,13-14H2,1-2H3,(H,27,31). The summed E-state index contributed by atoms with van der Waals surface area (Å²) in [5, 5.41) is 8.07. The molecular formula is C24H26Cl2N4O3. The zero-order chi connectivity index (χ0) is 23.4. The number of aromatic nitrogens is 2. The third kappa shape index (κ3) is 6.25. The Morgan fingerprint density at radius 1 is 1.24 bits per heavy atom. The molecule has 1 aliphatic rings. The van der Waals surface area contributed by atoms with Crippen molar-refractivity contribution in [3.8, 4) is 17.1 Å². The summed E-state index contributed by atoms with van der Waals surface area (Å²) in [6, 6.07) is 12.6. The Morgan fingerprint density at radius 2 is 2.03 bits per heavy atom. The molecule has 0 radical (unpaired) electrons. The van der Waals surface area contributed by atoms with E-state index in [0.717, 1.165) is 30.8 Å². The lowest BCUT2D eigenvalue weighted by molar-refractivity contribution is -0.121. The number of amides is 1. The normalized spacial score (nSPS) is 16.7. The van der Waals surface area contributed by atoms with Crippen LogP contribution in [0.2, 0.25) is 10.0 Å². The summed E-state index contributed by atoms with van der Waals surface area (Å²) in [7, 11) is 0. The van der Waals surface area contributed by atoms with Crippen molar-refractivity contribution in [1.82, 2.24) is 15.0 Å². The molecule has 1 fully saturated rings. The summed E-state index contributed by atoms with van der Waals surface area (Å²) in [5.41, 5.74) is 1.42. The van der Waals surface area contributed by atoms with Gasteiger partial charge in [-0.25, -0.2) is 0 Å². The highest BCUT2D eigenvalue weighted by atomic mass is 35.5. The molecule has 1 unspecified atom stereocenters. The Kier molecular flexibility index (Phi) is 7.53. The number of anilines is 1. The molecule has 7 nitrogen and oxygen atoms in total. The van der Waals surface area contributed by atoms with Crippen molar-refractivity contribution in [2.75, 3.05) is 18.4 Å². The van der Waals surface area contributed by atoms with Crippen molar-refractivity contribution in [2.24, 2.45) is 5.92 Å². The van der Waals surface area contributed by atoms with Crippen molar-refractivity contribution in [2.45, 2.75) is 39.3 Å². The molecule has 0 saturated carbocycles. The maximum absolute atomic E-state index is 12.8. The van der Waals surface area contributed by atoms with E-state index in [9.17, 15) is 4.79 Å². The molecule has 174 valence electrons. The van der Waals surface area contributed by atoms with Crippen LogP contribution in [0.3, 0.4) is 0 Å². The fourth-order valence-electron chi connectivity index (χ4n) is 3.84. The molecule has 0 bridgehead atoms. The van der Waals surface area contributed by atoms with Crippen LogP contribution in [-0.2, 0) is 11.3 Å². The van der Waals surface area contributed by atoms with Crippen LogP contribution in [0.25, 0.3) is 11.4 Å². The van der Waals surface area contributed by atoms with E-state index in [1.54, 1.807) is 18.2 Å². The number of nitrogens with one attached hydrogen (secondary N) is 1. The third-order valence-corrected chi connectivity index (χ3v) is 5.92. The van der Waals surface area contributed by atoms with Gasteiger partial charge in [0.2, 0.25) is 17.6 Å². The van der Waals surface area contributed by atoms with E-state index in [-0.39, 0.29) is 17.9 Å². The van der Waals surface area contributed by atoms with Gasteiger partial charge >= 0.3 is 0 Å². The van der Waals surface area contributed by atoms with Crippen LogP contribution in [-0.4, -0.2) is 40.1 Å². The summed E-state index contributed by atoms with van der Waals surface area (Å²) in [4.78, 5) is 19.5. The quantitative estimate of drug-likeness (QED) is 0.460. The van der Waals surface area contributed by atoms with Gasteiger partial charge in [0.05, 0.1) is 23.6 Å². The number of ether oxygens (including phenoxy) is 1. The van der Waals surface area contributed by atoms with Crippen LogP contribution in [0.1, 0.15) is 32.6 Å². The molecular weight excluding hydrogens is 463 g/mol. The molecule has 4 rings (SSSR count). The first-order chi connectivity index (χ1) is 15.9. The van der Waals surface area contributed by atoms with Gasteiger partial charge in [-0.1, -0.05) is 28.4 Å². The van der Waals surface area contributed by atoms with Gasteiger partial charge in [-0.05, 0) is 75.7 Å². The zero-order valence-electron chi connectivity index (χ0n) is 18.6. The van der Waals surface area contributed by atoms with Crippen LogP contribution in [0.5, 0.6) is 5.75 Å². The van der Waals surface area contributed by atoms with Crippen molar-refractivity contribution in [1.29, 1.82) is 0 Å². The Hall–Kier alpha value is -2.61. The Morgan fingerprint density at radius 3 is 2.76 bits per heavy atom. The van der Waals surface area contributed by atoms with Gasteiger partial charge in [-0.3, -0.25) is 9.69 Å². The first-order valence-electron chi connectivity index (χ1n) is 11.0. The highest BCUT2D eigenvalue weighted by Crippen LogP contribution is 2.29. The number of likely N-dealkylation sites (tertiary alicyclic amines) is 1. The number of piperidine rings is 1. The SMILES string of the molecule is CC(C)Oc1ccc(NC(=O)C2CCCN(Cc3nc(-c4ccc(Cl)cc4Cl)no3)C2)cc1. The number of nitrogens with zero attached hydrogens (tertiary/aromatic N) is 3. The second-order valence-electron chi connectivity index (χ2n) is 8.39.